The lowest BCUT2D eigenvalue weighted by Crippen LogP contribution is -2.63. The second kappa shape index (κ2) is 24.3. The minimum atomic E-state index is -2.75. The van der Waals surface area contributed by atoms with E-state index in [2.05, 4.69) is 0 Å². The molecule has 0 amide bonds. The number of aromatic hydroxyl groups is 19. The number of phenolic OH excluding ortho intramolecular Hbond substituents is 19. The van der Waals surface area contributed by atoms with Crippen molar-refractivity contribution in [2.24, 2.45) is 0 Å². The fourth-order valence-corrected chi connectivity index (χ4v) is 8.00. The number of hydrogen-bond acceptors (Lipinski definition) is 34. The second-order valence-electron chi connectivity index (χ2n) is 18.4. The molecule has 1 fully saturated rings. The van der Waals surface area contributed by atoms with Gasteiger partial charge in [0, 0.05) is 0 Å². The first-order valence-corrected chi connectivity index (χ1v) is 24.3. The molecule has 0 spiro atoms. The van der Waals surface area contributed by atoms with Crippen molar-refractivity contribution in [3.8, 4) is 121 Å². The molecule has 0 unspecified atom stereocenters. The first kappa shape index (κ1) is 62.0. The molecule has 7 aromatic rings. The molecular formula is C55H40O34. The van der Waals surface area contributed by atoms with Crippen LogP contribution >= 0.6 is 0 Å². The lowest BCUT2D eigenvalue weighted by molar-refractivity contribution is -0.282. The highest BCUT2D eigenvalue weighted by Gasteiger charge is 2.55. The van der Waals surface area contributed by atoms with E-state index in [1.807, 2.05) is 0 Å². The number of hydrogen-bond donors (Lipinski definition) is 19. The number of ether oxygens (including phenoxy) is 8. The van der Waals surface area contributed by atoms with Gasteiger partial charge in [-0.25, -0.2) is 33.6 Å². The number of carbonyl (C=O) groups excluding carboxylic acids is 7. The number of esters is 7. The average molecular weight is 1240 g/mol. The van der Waals surface area contributed by atoms with E-state index in [4.69, 9.17) is 37.9 Å². The van der Waals surface area contributed by atoms with Gasteiger partial charge in [0.1, 0.15) is 12.7 Å². The molecule has 1 heterocycles. The fourth-order valence-electron chi connectivity index (χ4n) is 8.00. The Labute approximate surface area is 491 Å². The van der Waals surface area contributed by atoms with Crippen molar-refractivity contribution in [3.63, 3.8) is 0 Å². The van der Waals surface area contributed by atoms with Crippen LogP contribution in [0.2, 0.25) is 0 Å². The summed E-state index contributed by atoms with van der Waals surface area (Å²) in [6.07, 6.45) is -13.3. The molecule has 464 valence electrons. The molecule has 0 aliphatic carbocycles. The zero-order chi connectivity index (χ0) is 65.4. The van der Waals surface area contributed by atoms with Crippen LogP contribution in [0.15, 0.2) is 84.9 Å². The van der Waals surface area contributed by atoms with Crippen molar-refractivity contribution >= 4 is 41.8 Å². The van der Waals surface area contributed by atoms with Gasteiger partial charge >= 0.3 is 41.8 Å². The van der Waals surface area contributed by atoms with Crippen LogP contribution < -0.4 is 9.47 Å². The van der Waals surface area contributed by atoms with E-state index in [0.717, 1.165) is 0 Å². The van der Waals surface area contributed by atoms with E-state index in [1.54, 1.807) is 0 Å². The molecule has 5 atom stereocenters. The van der Waals surface area contributed by atoms with Gasteiger partial charge in [-0.2, -0.15) is 0 Å². The van der Waals surface area contributed by atoms with Gasteiger partial charge in [-0.3, -0.25) is 0 Å². The quantitative estimate of drug-likeness (QED) is 0.0304. The monoisotopic (exact) mass is 1240 g/mol. The summed E-state index contributed by atoms with van der Waals surface area (Å²) in [7, 11) is 0. The van der Waals surface area contributed by atoms with E-state index in [0.29, 0.717) is 84.9 Å². The summed E-state index contributed by atoms with van der Waals surface area (Å²) in [5, 5.41) is 194. The highest BCUT2D eigenvalue weighted by atomic mass is 16.7. The van der Waals surface area contributed by atoms with Crippen LogP contribution in [0.4, 0.5) is 0 Å². The summed E-state index contributed by atoms with van der Waals surface area (Å²) in [5.41, 5.74) is -6.04. The SMILES string of the molecule is O=C(OC[C@H]1O[C@@H](OC(=O)c2cc(O)c(O)c(O)c2)[C@H](OC(=O)c2cc(O)c(O)c(O)c2)[C@@H](OC(=O)c2cc(O)c(O)c(O)c2)[C@H]1OC(=O)c1cc(O)c(O)c(OC(=O)c2cc(O)c(O)c(O)c2)c1)c1cc(O)c(O)c(OC(=O)c2cc(O)c(O)c(O)c2)c1. The molecule has 19 N–H and O–H groups in total. The third-order valence-corrected chi connectivity index (χ3v) is 12.4. The largest absolute Gasteiger partial charge is 0.504 e. The molecule has 1 aliphatic heterocycles. The minimum Gasteiger partial charge on any atom is -0.504 e. The van der Waals surface area contributed by atoms with Crippen LogP contribution in [0, 0.1) is 0 Å². The summed E-state index contributed by atoms with van der Waals surface area (Å²) in [5.74, 6) is -36.2. The fraction of sp³-hybridized carbons (Fsp3) is 0.109. The van der Waals surface area contributed by atoms with E-state index in [9.17, 15) is 131 Å². The van der Waals surface area contributed by atoms with Crippen molar-refractivity contribution in [2.75, 3.05) is 6.61 Å². The normalized spacial score (nSPS) is 16.0. The summed E-state index contributed by atoms with van der Waals surface area (Å²) in [6, 6.07) is 7.11. The molecule has 34 nitrogen and oxygen atoms in total. The maximum Gasteiger partial charge on any atom is 0.343 e. The van der Waals surface area contributed by atoms with Gasteiger partial charge in [0.25, 0.3) is 0 Å². The summed E-state index contributed by atoms with van der Waals surface area (Å²) < 4.78 is 44.0. The predicted octanol–water partition coefficient (Wildman–Crippen LogP) is 2.95. The van der Waals surface area contributed by atoms with E-state index < -0.39 is 239 Å². The Balaban J connectivity index is 1.26. The highest BCUT2D eigenvalue weighted by molar-refractivity contribution is 5.97. The maximum atomic E-state index is 14.6. The first-order valence-electron chi connectivity index (χ1n) is 24.3. The van der Waals surface area contributed by atoms with Gasteiger partial charge in [0.05, 0.1) is 38.9 Å². The maximum absolute atomic E-state index is 14.6. The Hall–Kier alpha value is -13.0. The smallest absolute Gasteiger partial charge is 0.343 e. The molecule has 7 aromatic carbocycles. The molecule has 1 aliphatic rings. The van der Waals surface area contributed by atoms with Gasteiger partial charge in [-0.15, -0.1) is 0 Å². The number of carbonyl (C=O) groups is 7. The molecular weight excluding hydrogens is 1200 g/mol. The summed E-state index contributed by atoms with van der Waals surface area (Å²) in [6.45, 7) is -1.47. The first-order chi connectivity index (χ1) is 41.8. The van der Waals surface area contributed by atoms with Gasteiger partial charge < -0.3 is 135 Å². The zero-order valence-electron chi connectivity index (χ0n) is 43.8. The summed E-state index contributed by atoms with van der Waals surface area (Å²) in [4.78, 5) is 97.3. The van der Waals surface area contributed by atoms with Crippen LogP contribution in [0.3, 0.4) is 0 Å². The van der Waals surface area contributed by atoms with E-state index in [-0.39, 0.29) is 0 Å². The zero-order valence-corrected chi connectivity index (χ0v) is 43.8. The Kier molecular flexibility index (Phi) is 16.9. The van der Waals surface area contributed by atoms with Crippen LogP contribution in [0.1, 0.15) is 72.5 Å². The number of phenols is 19. The predicted molar refractivity (Wildman–Crippen MR) is 279 cm³/mol. The lowest BCUT2D eigenvalue weighted by Gasteiger charge is -2.43. The van der Waals surface area contributed by atoms with Gasteiger partial charge in [-0.05, 0) is 84.9 Å². The molecule has 8 rings (SSSR count). The molecule has 0 radical (unpaired) electrons. The Bertz CT molecular complexity index is 3980. The van der Waals surface area contributed by atoms with Crippen molar-refractivity contribution in [2.45, 2.75) is 30.7 Å². The summed E-state index contributed by atoms with van der Waals surface area (Å²) >= 11 is 0. The Morgan fingerprint density at radius 1 is 0.281 bits per heavy atom. The Morgan fingerprint density at radius 2 is 0.517 bits per heavy atom. The molecule has 34 heteroatoms. The van der Waals surface area contributed by atoms with Crippen molar-refractivity contribution in [1.29, 1.82) is 0 Å². The van der Waals surface area contributed by atoms with Crippen LogP contribution in [0.25, 0.3) is 0 Å². The standard InChI is InChI=1S/C55H40O34/c56-23-1-16(2-24(57)38(23)68)49(76)83-35-13-21(11-33(66)43(35)73)48(75)82-15-37-45(86-53(80)22-12-34(67)44(74)36(14-22)84-50(77)17-3-25(58)39(69)26(59)4-17)46(87-51(78)18-5-27(60)40(70)28(61)6-18)47(88-52(79)19-7-29(62)41(71)30(63)8-19)55(85-37)89-54(81)20-9-31(64)42(72)32(65)10-20/h1-14,37,45-47,55-74H,15H2/t37-,45+,46+,47-,55+/m1/s1. The van der Waals surface area contributed by atoms with Crippen LogP contribution in [0.5, 0.6) is 121 Å². The van der Waals surface area contributed by atoms with Crippen molar-refractivity contribution in [3.05, 3.63) is 124 Å². The molecule has 1 saturated heterocycles. The number of benzene rings is 7. The van der Waals surface area contributed by atoms with E-state index >= 15 is 0 Å². The van der Waals surface area contributed by atoms with Crippen molar-refractivity contribution < 1.29 is 168 Å². The van der Waals surface area contributed by atoms with Gasteiger partial charge in [-0.1, -0.05) is 0 Å². The van der Waals surface area contributed by atoms with Crippen molar-refractivity contribution in [1.82, 2.24) is 0 Å². The topological polar surface area (TPSA) is 578 Å². The third-order valence-electron chi connectivity index (χ3n) is 12.4. The minimum absolute atomic E-state index is 0.429. The molecule has 0 bridgehead atoms. The second-order valence-corrected chi connectivity index (χ2v) is 18.4. The van der Waals surface area contributed by atoms with Gasteiger partial charge in [0.15, 0.2) is 121 Å². The third kappa shape index (κ3) is 12.9. The lowest BCUT2D eigenvalue weighted by atomic mass is 9.97. The highest BCUT2D eigenvalue weighted by Crippen LogP contribution is 2.44. The average Bonchev–Trinajstić information content (AvgIpc) is 1.65. The molecule has 0 aromatic heterocycles. The molecule has 0 saturated carbocycles. The van der Waals surface area contributed by atoms with Gasteiger partial charge in [0.2, 0.25) is 23.9 Å². The Morgan fingerprint density at radius 3 is 0.831 bits per heavy atom. The number of rotatable bonds is 15. The molecule has 89 heavy (non-hydrogen) atoms. The van der Waals surface area contributed by atoms with E-state index in [1.165, 1.54) is 0 Å². The van der Waals surface area contributed by atoms with Crippen LogP contribution in [-0.4, -0.2) is 176 Å². The van der Waals surface area contributed by atoms with Crippen LogP contribution in [-0.2, 0) is 28.4 Å².